The van der Waals surface area contributed by atoms with Crippen LogP contribution in [0.5, 0.6) is 0 Å². The molecule has 0 spiro atoms. The number of para-hydroxylation sites is 1. The molecule has 0 unspecified atom stereocenters. The minimum atomic E-state index is -0.202. The molecular formula is C26H30N2O3. The molecule has 162 valence electrons. The molecule has 31 heavy (non-hydrogen) atoms. The van der Waals surface area contributed by atoms with Gasteiger partial charge in [0.1, 0.15) is 5.70 Å². The second-order valence-electron chi connectivity index (χ2n) is 8.24. The van der Waals surface area contributed by atoms with Crippen LogP contribution in [0.2, 0.25) is 0 Å². The third-order valence-corrected chi connectivity index (χ3v) is 6.05. The maximum absolute atomic E-state index is 13.6. The lowest BCUT2D eigenvalue weighted by Gasteiger charge is -2.32. The zero-order valence-corrected chi connectivity index (χ0v) is 18.6. The van der Waals surface area contributed by atoms with Crippen molar-refractivity contribution in [1.29, 1.82) is 0 Å². The zero-order chi connectivity index (χ0) is 22.0. The number of fused-ring (bicyclic) bond motifs is 1. The van der Waals surface area contributed by atoms with E-state index in [1.165, 1.54) is 10.5 Å². The fourth-order valence-corrected chi connectivity index (χ4v) is 4.59. The average Bonchev–Trinajstić information content (AvgIpc) is 3.00. The molecule has 0 bridgehead atoms. The number of aryl methyl sites for hydroxylation is 3. The van der Waals surface area contributed by atoms with Crippen LogP contribution < -0.4 is 4.90 Å². The molecule has 2 heterocycles. The summed E-state index contributed by atoms with van der Waals surface area (Å²) in [6.45, 7) is 8.24. The number of anilines is 1. The van der Waals surface area contributed by atoms with Gasteiger partial charge in [0.05, 0.1) is 5.57 Å². The van der Waals surface area contributed by atoms with Crippen molar-refractivity contribution in [2.45, 2.75) is 40.0 Å². The molecule has 2 amide bonds. The van der Waals surface area contributed by atoms with E-state index in [-0.39, 0.29) is 11.8 Å². The van der Waals surface area contributed by atoms with Gasteiger partial charge in [0.2, 0.25) is 0 Å². The summed E-state index contributed by atoms with van der Waals surface area (Å²) in [5.41, 5.74) is 6.28. The van der Waals surface area contributed by atoms with E-state index in [0.29, 0.717) is 37.4 Å². The Morgan fingerprint density at radius 3 is 2.61 bits per heavy atom. The molecule has 4 rings (SSSR count). The Labute approximate surface area is 184 Å². The van der Waals surface area contributed by atoms with E-state index in [9.17, 15) is 9.59 Å². The van der Waals surface area contributed by atoms with Gasteiger partial charge in [-0.3, -0.25) is 14.5 Å². The van der Waals surface area contributed by atoms with Crippen molar-refractivity contribution in [2.75, 3.05) is 31.2 Å². The Morgan fingerprint density at radius 1 is 1.03 bits per heavy atom. The van der Waals surface area contributed by atoms with Crippen molar-refractivity contribution in [3.05, 3.63) is 70.4 Å². The van der Waals surface area contributed by atoms with Crippen LogP contribution in [0.15, 0.2) is 48.2 Å². The summed E-state index contributed by atoms with van der Waals surface area (Å²) in [7, 11) is 0. The van der Waals surface area contributed by atoms with Crippen molar-refractivity contribution in [3.8, 4) is 0 Å². The fourth-order valence-electron chi connectivity index (χ4n) is 4.59. The Balaban J connectivity index is 1.80. The van der Waals surface area contributed by atoms with Crippen molar-refractivity contribution < 1.29 is 14.3 Å². The van der Waals surface area contributed by atoms with Gasteiger partial charge in [0.15, 0.2) is 0 Å². The summed E-state index contributed by atoms with van der Waals surface area (Å²) in [6.07, 6.45) is 2.57. The summed E-state index contributed by atoms with van der Waals surface area (Å²) >= 11 is 0. The topological polar surface area (TPSA) is 49.9 Å². The number of amides is 2. The van der Waals surface area contributed by atoms with E-state index >= 15 is 0 Å². The number of hydrogen-bond donors (Lipinski definition) is 0. The second-order valence-corrected chi connectivity index (χ2v) is 8.24. The smallest absolute Gasteiger partial charge is 0.278 e. The first-order valence-corrected chi connectivity index (χ1v) is 11.1. The van der Waals surface area contributed by atoms with E-state index in [1.54, 1.807) is 0 Å². The van der Waals surface area contributed by atoms with Gasteiger partial charge in [-0.05, 0) is 62.8 Å². The summed E-state index contributed by atoms with van der Waals surface area (Å²) in [4.78, 5) is 30.6. The minimum Gasteiger partial charge on any atom is -0.382 e. The molecular weight excluding hydrogens is 388 g/mol. The van der Waals surface area contributed by atoms with Crippen LogP contribution in [-0.4, -0.2) is 43.0 Å². The standard InChI is InChI=1S/C26H30N2O3/c1-4-31-16-8-15-28-25(29)23(21-13-12-18(2)17-19(21)3)24(26(28)30)27-14-7-10-20-9-5-6-11-22(20)27/h5-6,9,11-13,17H,4,7-8,10,14-16H2,1-3H3. The third kappa shape index (κ3) is 4.02. The van der Waals surface area contributed by atoms with E-state index in [1.807, 2.05) is 45.0 Å². The molecule has 2 aliphatic rings. The largest absolute Gasteiger partial charge is 0.382 e. The number of carbonyl (C=O) groups excluding carboxylic acids is 2. The van der Waals surface area contributed by atoms with Gasteiger partial charge >= 0.3 is 0 Å². The lowest BCUT2D eigenvalue weighted by Crippen LogP contribution is -2.37. The predicted molar refractivity (Wildman–Crippen MR) is 123 cm³/mol. The molecule has 5 heteroatoms. The minimum absolute atomic E-state index is 0.201. The number of nitrogens with zero attached hydrogens (tertiary/aromatic N) is 2. The molecule has 2 aromatic rings. The maximum Gasteiger partial charge on any atom is 0.278 e. The van der Waals surface area contributed by atoms with Crippen LogP contribution in [0, 0.1) is 13.8 Å². The average molecular weight is 419 g/mol. The first kappa shape index (κ1) is 21.3. The molecule has 0 fully saturated rings. The molecule has 5 nitrogen and oxygen atoms in total. The maximum atomic E-state index is 13.6. The molecule has 2 aromatic carbocycles. The van der Waals surface area contributed by atoms with Gasteiger partial charge in [0, 0.05) is 32.0 Å². The van der Waals surface area contributed by atoms with E-state index in [2.05, 4.69) is 23.1 Å². The summed E-state index contributed by atoms with van der Waals surface area (Å²) in [5, 5.41) is 0. The highest BCUT2D eigenvalue weighted by Gasteiger charge is 2.42. The van der Waals surface area contributed by atoms with Gasteiger partial charge in [-0.15, -0.1) is 0 Å². The highest BCUT2D eigenvalue weighted by molar-refractivity contribution is 6.37. The molecule has 0 saturated heterocycles. The second kappa shape index (κ2) is 9.06. The van der Waals surface area contributed by atoms with E-state index in [4.69, 9.17) is 4.74 Å². The predicted octanol–water partition coefficient (Wildman–Crippen LogP) is 4.26. The van der Waals surface area contributed by atoms with Crippen LogP contribution in [0.4, 0.5) is 5.69 Å². The first-order valence-electron chi connectivity index (χ1n) is 11.1. The van der Waals surface area contributed by atoms with E-state index in [0.717, 1.165) is 41.8 Å². The normalized spacial score (nSPS) is 16.4. The molecule has 2 aliphatic heterocycles. The van der Waals surface area contributed by atoms with Crippen LogP contribution in [0.1, 0.15) is 42.0 Å². The van der Waals surface area contributed by atoms with Crippen LogP contribution >= 0.6 is 0 Å². The van der Waals surface area contributed by atoms with Gasteiger partial charge in [-0.2, -0.15) is 0 Å². The number of hydrogen-bond acceptors (Lipinski definition) is 4. The molecule has 0 N–H and O–H groups in total. The van der Waals surface area contributed by atoms with Gasteiger partial charge in [-0.1, -0.05) is 42.0 Å². The highest BCUT2D eigenvalue weighted by atomic mass is 16.5. The van der Waals surface area contributed by atoms with Crippen LogP contribution in [0.25, 0.3) is 5.57 Å². The molecule has 0 aliphatic carbocycles. The van der Waals surface area contributed by atoms with Crippen LogP contribution in [0.3, 0.4) is 0 Å². The van der Waals surface area contributed by atoms with Crippen LogP contribution in [-0.2, 0) is 20.7 Å². The van der Waals surface area contributed by atoms with Gasteiger partial charge in [0.25, 0.3) is 11.8 Å². The number of benzene rings is 2. The van der Waals surface area contributed by atoms with Crippen molar-refractivity contribution in [1.82, 2.24) is 4.90 Å². The van der Waals surface area contributed by atoms with Gasteiger partial charge < -0.3 is 9.64 Å². The van der Waals surface area contributed by atoms with Crippen molar-refractivity contribution >= 4 is 23.1 Å². The lowest BCUT2D eigenvalue weighted by molar-refractivity contribution is -0.137. The summed E-state index contributed by atoms with van der Waals surface area (Å²) in [5.74, 6) is -0.403. The lowest BCUT2D eigenvalue weighted by atomic mass is 9.95. The van der Waals surface area contributed by atoms with E-state index < -0.39 is 0 Å². The monoisotopic (exact) mass is 418 g/mol. The Kier molecular flexibility index (Phi) is 6.23. The number of carbonyl (C=O) groups is 2. The molecule has 0 aromatic heterocycles. The number of rotatable bonds is 7. The highest BCUT2D eigenvalue weighted by Crippen LogP contribution is 2.38. The van der Waals surface area contributed by atoms with Crippen molar-refractivity contribution in [2.24, 2.45) is 0 Å². The van der Waals surface area contributed by atoms with Gasteiger partial charge in [-0.25, -0.2) is 0 Å². The SMILES string of the molecule is CCOCCCN1C(=O)C(c2ccc(C)cc2C)=C(N2CCCc3ccccc32)C1=O. The zero-order valence-electron chi connectivity index (χ0n) is 18.6. The van der Waals surface area contributed by atoms with Crippen molar-refractivity contribution in [3.63, 3.8) is 0 Å². The number of imide groups is 1. The fraction of sp³-hybridized carbons (Fsp3) is 0.385. The molecule has 0 saturated carbocycles. The molecule has 0 radical (unpaired) electrons. The third-order valence-electron chi connectivity index (χ3n) is 6.05. The Morgan fingerprint density at radius 2 is 1.84 bits per heavy atom. The molecule has 0 atom stereocenters. The summed E-state index contributed by atoms with van der Waals surface area (Å²) < 4.78 is 5.42. The summed E-state index contributed by atoms with van der Waals surface area (Å²) in [6, 6.07) is 14.2. The number of ether oxygens (including phenoxy) is 1. The Hall–Kier alpha value is -2.92. The first-order chi connectivity index (χ1) is 15.0. The Bertz CT molecular complexity index is 1040. The quantitative estimate of drug-likeness (QED) is 0.498.